The van der Waals surface area contributed by atoms with Crippen LogP contribution in [0.5, 0.6) is 0 Å². The summed E-state index contributed by atoms with van der Waals surface area (Å²) < 4.78 is 3.77. The van der Waals surface area contributed by atoms with Gasteiger partial charge in [0.2, 0.25) is 0 Å². The highest BCUT2D eigenvalue weighted by molar-refractivity contribution is 7.10. The van der Waals surface area contributed by atoms with Gasteiger partial charge in [0.05, 0.1) is 5.69 Å². The van der Waals surface area contributed by atoms with E-state index in [-0.39, 0.29) is 0 Å². The Morgan fingerprint density at radius 1 is 1.57 bits per heavy atom. The van der Waals surface area contributed by atoms with Crippen LogP contribution in [0.1, 0.15) is 17.5 Å². The Kier molecular flexibility index (Phi) is 2.62. The molecule has 2 aromatic heterocycles. The number of rotatable bonds is 3. The van der Waals surface area contributed by atoms with Crippen LogP contribution in [0, 0.1) is 0 Å². The summed E-state index contributed by atoms with van der Waals surface area (Å²) >= 11 is 2.87. The van der Waals surface area contributed by atoms with Gasteiger partial charge in [-0.15, -0.1) is 16.4 Å². The molecule has 0 radical (unpaired) electrons. The Balaban J connectivity index is 2.17. The molecule has 0 bridgehead atoms. The number of thiophene rings is 1. The number of hydrogen-bond acceptors (Lipinski definition) is 5. The molecular weight excluding hydrogens is 216 g/mol. The molecule has 2 rings (SSSR count). The average molecular weight is 226 g/mol. The van der Waals surface area contributed by atoms with Crippen LogP contribution < -0.4 is 0 Å². The van der Waals surface area contributed by atoms with Gasteiger partial charge in [-0.25, -0.2) is 0 Å². The summed E-state index contributed by atoms with van der Waals surface area (Å²) in [5, 5.41) is 17.9. The summed E-state index contributed by atoms with van der Waals surface area (Å²) in [4.78, 5) is 0.963. The van der Waals surface area contributed by atoms with E-state index < -0.39 is 5.60 Å². The predicted octanol–water partition coefficient (Wildman–Crippen LogP) is 2.05. The van der Waals surface area contributed by atoms with Crippen molar-refractivity contribution in [2.24, 2.45) is 0 Å². The summed E-state index contributed by atoms with van der Waals surface area (Å²) in [5.74, 6) is 0. The fourth-order valence-corrected chi connectivity index (χ4v) is 2.52. The molecule has 0 aromatic carbocycles. The number of hydrogen-bond donors (Lipinski definition) is 1. The van der Waals surface area contributed by atoms with Crippen molar-refractivity contribution in [1.29, 1.82) is 0 Å². The zero-order valence-corrected chi connectivity index (χ0v) is 9.31. The van der Waals surface area contributed by atoms with Crippen LogP contribution in [-0.4, -0.2) is 14.7 Å². The van der Waals surface area contributed by atoms with Gasteiger partial charge in [-0.2, -0.15) is 0 Å². The van der Waals surface area contributed by atoms with E-state index in [0.717, 1.165) is 10.6 Å². The van der Waals surface area contributed by atoms with Gasteiger partial charge in [-0.3, -0.25) is 0 Å². The zero-order chi connectivity index (χ0) is 10.0. The lowest BCUT2D eigenvalue weighted by atomic mass is 9.99. The largest absolute Gasteiger partial charge is 0.384 e. The molecule has 0 amide bonds. The van der Waals surface area contributed by atoms with E-state index in [2.05, 4.69) is 9.59 Å². The summed E-state index contributed by atoms with van der Waals surface area (Å²) in [7, 11) is 0. The lowest BCUT2D eigenvalue weighted by Gasteiger charge is -2.20. The van der Waals surface area contributed by atoms with Crippen molar-refractivity contribution in [1.82, 2.24) is 9.59 Å². The van der Waals surface area contributed by atoms with E-state index >= 15 is 0 Å². The molecule has 0 aliphatic carbocycles. The van der Waals surface area contributed by atoms with Gasteiger partial charge >= 0.3 is 0 Å². The molecule has 0 saturated carbocycles. The normalized spacial score (nSPS) is 15.3. The second-order valence-corrected chi connectivity index (χ2v) is 4.88. The molecule has 5 heteroatoms. The van der Waals surface area contributed by atoms with Gasteiger partial charge in [0.25, 0.3) is 0 Å². The van der Waals surface area contributed by atoms with E-state index in [0.29, 0.717) is 6.42 Å². The van der Waals surface area contributed by atoms with E-state index in [1.807, 2.05) is 22.9 Å². The summed E-state index contributed by atoms with van der Waals surface area (Å²) in [6, 6.07) is 3.87. The number of aliphatic hydroxyl groups is 1. The Bertz CT molecular complexity index is 381. The molecule has 3 nitrogen and oxygen atoms in total. The molecule has 0 saturated heterocycles. The van der Waals surface area contributed by atoms with E-state index in [4.69, 9.17) is 0 Å². The van der Waals surface area contributed by atoms with Gasteiger partial charge in [0.1, 0.15) is 5.60 Å². The summed E-state index contributed by atoms with van der Waals surface area (Å²) in [6.07, 6.45) is 0.518. The van der Waals surface area contributed by atoms with Gasteiger partial charge in [0.15, 0.2) is 0 Å². The highest BCUT2D eigenvalue weighted by atomic mass is 32.1. The summed E-state index contributed by atoms with van der Waals surface area (Å²) in [6.45, 7) is 1.80. The molecule has 74 valence electrons. The van der Waals surface area contributed by atoms with Crippen molar-refractivity contribution >= 4 is 22.9 Å². The SMILES string of the molecule is CC(O)(Cc1csnn1)c1cccs1. The first-order valence-electron chi connectivity index (χ1n) is 4.21. The van der Waals surface area contributed by atoms with Crippen LogP contribution in [0.25, 0.3) is 0 Å². The highest BCUT2D eigenvalue weighted by Crippen LogP contribution is 2.28. The average Bonchev–Trinajstić information content (AvgIpc) is 2.71. The monoisotopic (exact) mass is 226 g/mol. The first kappa shape index (κ1) is 9.76. The van der Waals surface area contributed by atoms with Gasteiger partial charge in [-0.05, 0) is 29.9 Å². The Morgan fingerprint density at radius 2 is 2.43 bits per heavy atom. The third kappa shape index (κ3) is 2.00. The van der Waals surface area contributed by atoms with Crippen LogP contribution in [0.15, 0.2) is 22.9 Å². The second kappa shape index (κ2) is 3.76. The highest BCUT2D eigenvalue weighted by Gasteiger charge is 2.25. The molecule has 0 aliphatic rings. The van der Waals surface area contributed by atoms with Crippen LogP contribution in [0.2, 0.25) is 0 Å². The fourth-order valence-electron chi connectivity index (χ4n) is 1.29. The molecule has 0 spiro atoms. The van der Waals surface area contributed by atoms with Crippen LogP contribution >= 0.6 is 22.9 Å². The van der Waals surface area contributed by atoms with Crippen LogP contribution in [0.4, 0.5) is 0 Å². The zero-order valence-electron chi connectivity index (χ0n) is 7.67. The third-order valence-electron chi connectivity index (χ3n) is 1.98. The molecule has 1 atom stereocenters. The van der Waals surface area contributed by atoms with Crippen molar-refractivity contribution in [3.05, 3.63) is 33.5 Å². The maximum Gasteiger partial charge on any atom is 0.102 e. The fraction of sp³-hybridized carbons (Fsp3) is 0.333. The third-order valence-corrected chi connectivity index (χ3v) is 3.66. The van der Waals surface area contributed by atoms with E-state index in [1.54, 1.807) is 18.3 Å². The first-order chi connectivity index (χ1) is 6.68. The van der Waals surface area contributed by atoms with Crippen molar-refractivity contribution in [3.63, 3.8) is 0 Å². The topological polar surface area (TPSA) is 46.0 Å². The smallest absolute Gasteiger partial charge is 0.102 e. The second-order valence-electron chi connectivity index (χ2n) is 3.32. The molecule has 0 aliphatic heterocycles. The van der Waals surface area contributed by atoms with Crippen molar-refractivity contribution in [2.75, 3.05) is 0 Å². The molecule has 1 unspecified atom stereocenters. The lowest BCUT2D eigenvalue weighted by molar-refractivity contribution is 0.0604. The standard InChI is InChI=1S/C9H10N2OS2/c1-9(12,8-3-2-4-13-8)5-7-6-14-11-10-7/h2-4,6,12H,5H2,1H3. The van der Waals surface area contributed by atoms with Gasteiger partial charge in [0, 0.05) is 16.7 Å². The minimum atomic E-state index is -0.829. The van der Waals surface area contributed by atoms with Gasteiger partial charge < -0.3 is 5.11 Å². The van der Waals surface area contributed by atoms with Crippen LogP contribution in [-0.2, 0) is 12.0 Å². The van der Waals surface area contributed by atoms with Crippen molar-refractivity contribution in [2.45, 2.75) is 18.9 Å². The lowest BCUT2D eigenvalue weighted by Crippen LogP contribution is -2.23. The van der Waals surface area contributed by atoms with E-state index in [9.17, 15) is 5.11 Å². The molecule has 0 fully saturated rings. The van der Waals surface area contributed by atoms with E-state index in [1.165, 1.54) is 11.5 Å². The molecular formula is C9H10N2OS2. The predicted molar refractivity (Wildman–Crippen MR) is 57.5 cm³/mol. The Labute approximate surface area is 90.2 Å². The Morgan fingerprint density at radius 3 is 3.00 bits per heavy atom. The molecule has 1 N–H and O–H groups in total. The minimum absolute atomic E-state index is 0.518. The summed E-state index contributed by atoms with van der Waals surface area (Å²) in [5.41, 5.74) is 0.0117. The maximum atomic E-state index is 10.2. The molecule has 14 heavy (non-hydrogen) atoms. The first-order valence-corrected chi connectivity index (χ1v) is 5.92. The van der Waals surface area contributed by atoms with Crippen molar-refractivity contribution < 1.29 is 5.11 Å². The number of nitrogens with zero attached hydrogens (tertiary/aromatic N) is 2. The quantitative estimate of drug-likeness (QED) is 0.871. The maximum absolute atomic E-state index is 10.2. The Hall–Kier alpha value is -0.780. The van der Waals surface area contributed by atoms with Gasteiger partial charge in [-0.1, -0.05) is 10.6 Å². The minimum Gasteiger partial charge on any atom is -0.384 e. The van der Waals surface area contributed by atoms with Crippen LogP contribution in [0.3, 0.4) is 0 Å². The molecule has 2 aromatic rings. The number of aromatic nitrogens is 2. The van der Waals surface area contributed by atoms with Crippen molar-refractivity contribution in [3.8, 4) is 0 Å². The molecule has 2 heterocycles.